The van der Waals surface area contributed by atoms with Gasteiger partial charge in [0.05, 0.1) is 5.75 Å². The third-order valence-electron chi connectivity index (χ3n) is 4.10. The number of hydrogen-bond acceptors (Lipinski definition) is 4. The smallest absolute Gasteiger partial charge is 0.215 e. The largest absolute Gasteiger partial charge is 0.314 e. The molecule has 1 N–H and O–H groups in total. The highest BCUT2D eigenvalue weighted by atomic mass is 32.2. The molecule has 2 aliphatic rings. The van der Waals surface area contributed by atoms with Gasteiger partial charge in [0.2, 0.25) is 10.0 Å². The number of piperidine rings is 1. The minimum Gasteiger partial charge on any atom is -0.314 e. The third-order valence-corrected chi connectivity index (χ3v) is 5.89. The summed E-state index contributed by atoms with van der Waals surface area (Å²) < 4.78 is 26.5. The maximum Gasteiger partial charge on any atom is 0.215 e. The van der Waals surface area contributed by atoms with Gasteiger partial charge >= 0.3 is 0 Å². The monoisotopic (exact) mass is 289 g/mol. The Morgan fingerprint density at radius 3 is 2.26 bits per heavy atom. The van der Waals surface area contributed by atoms with Crippen LogP contribution in [0.1, 0.15) is 20.3 Å². The topological polar surface area (TPSA) is 52.7 Å². The van der Waals surface area contributed by atoms with Gasteiger partial charge in [0.1, 0.15) is 0 Å². The van der Waals surface area contributed by atoms with Crippen molar-refractivity contribution < 1.29 is 8.42 Å². The quantitative estimate of drug-likeness (QED) is 0.803. The van der Waals surface area contributed by atoms with Crippen LogP contribution in [0.15, 0.2) is 0 Å². The first-order valence-electron chi connectivity index (χ1n) is 7.38. The molecule has 0 bridgehead atoms. The molecule has 0 aliphatic carbocycles. The van der Waals surface area contributed by atoms with Gasteiger partial charge in [-0.3, -0.25) is 4.90 Å². The Hall–Kier alpha value is -0.170. The minimum absolute atomic E-state index is 0.270. The Bertz CT molecular complexity index is 369. The van der Waals surface area contributed by atoms with Crippen LogP contribution in [0.5, 0.6) is 0 Å². The Kier molecular flexibility index (Phi) is 5.22. The molecule has 0 aromatic heterocycles. The highest BCUT2D eigenvalue weighted by molar-refractivity contribution is 7.89. The van der Waals surface area contributed by atoms with E-state index in [4.69, 9.17) is 0 Å². The first-order valence-corrected chi connectivity index (χ1v) is 8.99. The van der Waals surface area contributed by atoms with Crippen molar-refractivity contribution in [3.05, 3.63) is 0 Å². The third kappa shape index (κ3) is 4.41. The lowest BCUT2D eigenvalue weighted by atomic mass is 9.94. The van der Waals surface area contributed by atoms with Crippen molar-refractivity contribution >= 4 is 10.0 Å². The normalized spacial score (nSPS) is 31.5. The van der Waals surface area contributed by atoms with E-state index in [0.717, 1.165) is 32.6 Å². The van der Waals surface area contributed by atoms with Crippen LogP contribution in [0.25, 0.3) is 0 Å². The van der Waals surface area contributed by atoms with E-state index in [1.54, 1.807) is 4.31 Å². The van der Waals surface area contributed by atoms with E-state index in [1.165, 1.54) is 0 Å². The fraction of sp³-hybridized carbons (Fsp3) is 1.00. The number of sulfonamides is 1. The molecule has 19 heavy (non-hydrogen) atoms. The van der Waals surface area contributed by atoms with Gasteiger partial charge in [-0.1, -0.05) is 13.8 Å². The highest BCUT2D eigenvalue weighted by Gasteiger charge is 2.30. The van der Waals surface area contributed by atoms with Crippen molar-refractivity contribution in [3.63, 3.8) is 0 Å². The van der Waals surface area contributed by atoms with Crippen LogP contribution in [0.3, 0.4) is 0 Å². The van der Waals surface area contributed by atoms with Crippen molar-refractivity contribution in [3.8, 4) is 0 Å². The van der Waals surface area contributed by atoms with E-state index < -0.39 is 10.0 Å². The van der Waals surface area contributed by atoms with Crippen molar-refractivity contribution in [1.82, 2.24) is 14.5 Å². The molecule has 112 valence electrons. The van der Waals surface area contributed by atoms with Crippen molar-refractivity contribution in [1.29, 1.82) is 0 Å². The predicted octanol–water partition coefficient (Wildman–Crippen LogP) is 0.199. The second kappa shape index (κ2) is 6.52. The number of hydrogen-bond donors (Lipinski definition) is 1. The summed E-state index contributed by atoms with van der Waals surface area (Å²) in [6.07, 6.45) is 1.14. The van der Waals surface area contributed by atoms with Crippen molar-refractivity contribution in [2.75, 3.05) is 51.6 Å². The van der Waals surface area contributed by atoms with Gasteiger partial charge < -0.3 is 5.32 Å². The average Bonchev–Trinajstić information content (AvgIpc) is 2.37. The van der Waals surface area contributed by atoms with Gasteiger partial charge in [-0.2, -0.15) is 0 Å². The van der Waals surface area contributed by atoms with Crippen molar-refractivity contribution in [2.45, 2.75) is 20.3 Å². The van der Waals surface area contributed by atoms with Gasteiger partial charge in [-0.15, -0.1) is 0 Å². The number of rotatable bonds is 4. The number of nitrogens with one attached hydrogen (secondary N) is 1. The zero-order chi connectivity index (χ0) is 13.9. The molecule has 2 heterocycles. The SMILES string of the molecule is CC1CC(C)CN(S(=O)(=O)CCN2CCNCC2)C1. The Labute approximate surface area is 117 Å². The molecule has 2 atom stereocenters. The fourth-order valence-corrected chi connectivity index (χ4v) is 4.85. The van der Waals surface area contributed by atoms with E-state index in [1.807, 2.05) is 0 Å². The van der Waals surface area contributed by atoms with Crippen LogP contribution in [-0.4, -0.2) is 69.2 Å². The van der Waals surface area contributed by atoms with Gasteiger partial charge in [0, 0.05) is 45.8 Å². The van der Waals surface area contributed by atoms with Crippen LogP contribution < -0.4 is 5.32 Å². The van der Waals surface area contributed by atoms with Gasteiger partial charge in [-0.05, 0) is 18.3 Å². The molecule has 2 aliphatic heterocycles. The summed E-state index contributed by atoms with van der Waals surface area (Å²) in [6.45, 7) is 10.2. The Balaban J connectivity index is 1.86. The van der Waals surface area contributed by atoms with Crippen LogP contribution in [0, 0.1) is 11.8 Å². The zero-order valence-corrected chi connectivity index (χ0v) is 13.0. The van der Waals surface area contributed by atoms with Gasteiger partial charge in [-0.25, -0.2) is 12.7 Å². The average molecular weight is 289 g/mol. The van der Waals surface area contributed by atoms with Gasteiger partial charge in [0.15, 0.2) is 0 Å². The van der Waals surface area contributed by atoms with E-state index in [9.17, 15) is 8.42 Å². The molecule has 2 fully saturated rings. The summed E-state index contributed by atoms with van der Waals surface area (Å²) in [6, 6.07) is 0. The minimum atomic E-state index is -3.08. The molecular weight excluding hydrogens is 262 g/mol. The number of nitrogens with zero attached hydrogens (tertiary/aromatic N) is 2. The summed E-state index contributed by atoms with van der Waals surface area (Å²) in [5, 5.41) is 3.29. The Morgan fingerprint density at radius 1 is 1.11 bits per heavy atom. The zero-order valence-electron chi connectivity index (χ0n) is 12.1. The first-order chi connectivity index (χ1) is 8.97. The van der Waals surface area contributed by atoms with Crippen LogP contribution in [-0.2, 0) is 10.0 Å². The van der Waals surface area contributed by atoms with Gasteiger partial charge in [0.25, 0.3) is 0 Å². The van der Waals surface area contributed by atoms with E-state index in [0.29, 0.717) is 31.5 Å². The molecule has 0 saturated carbocycles. The van der Waals surface area contributed by atoms with Crippen LogP contribution in [0.2, 0.25) is 0 Å². The highest BCUT2D eigenvalue weighted by Crippen LogP contribution is 2.23. The molecule has 2 unspecified atom stereocenters. The second-order valence-electron chi connectivity index (χ2n) is 6.17. The molecule has 0 aromatic carbocycles. The summed E-state index contributed by atoms with van der Waals surface area (Å²) in [5.41, 5.74) is 0. The van der Waals surface area contributed by atoms with Crippen LogP contribution in [0.4, 0.5) is 0 Å². The lowest BCUT2D eigenvalue weighted by molar-refractivity contribution is 0.218. The molecule has 0 radical (unpaired) electrons. The fourth-order valence-electron chi connectivity index (χ4n) is 3.14. The molecule has 0 spiro atoms. The first kappa shape index (κ1) is 15.2. The maximum atomic E-state index is 12.4. The van der Waals surface area contributed by atoms with Crippen LogP contribution >= 0.6 is 0 Å². The molecule has 0 aromatic rings. The van der Waals surface area contributed by atoms with E-state index >= 15 is 0 Å². The molecule has 6 heteroatoms. The molecule has 2 saturated heterocycles. The summed E-state index contributed by atoms with van der Waals surface area (Å²) in [7, 11) is -3.08. The summed E-state index contributed by atoms with van der Waals surface area (Å²) in [5.74, 6) is 1.24. The summed E-state index contributed by atoms with van der Waals surface area (Å²) >= 11 is 0. The maximum absolute atomic E-state index is 12.4. The predicted molar refractivity (Wildman–Crippen MR) is 77.6 cm³/mol. The second-order valence-corrected chi connectivity index (χ2v) is 8.26. The lowest BCUT2D eigenvalue weighted by Gasteiger charge is -2.35. The number of piperazine rings is 1. The summed E-state index contributed by atoms with van der Waals surface area (Å²) in [4.78, 5) is 2.24. The molecule has 2 rings (SSSR count). The van der Waals surface area contributed by atoms with E-state index in [-0.39, 0.29) is 5.75 Å². The molecular formula is C13H27N3O2S. The Morgan fingerprint density at radius 2 is 1.68 bits per heavy atom. The molecule has 5 nitrogen and oxygen atoms in total. The lowest BCUT2D eigenvalue weighted by Crippen LogP contribution is -2.48. The van der Waals surface area contributed by atoms with E-state index in [2.05, 4.69) is 24.1 Å². The van der Waals surface area contributed by atoms with Crippen molar-refractivity contribution in [2.24, 2.45) is 11.8 Å². The molecule has 0 amide bonds. The standard InChI is InChI=1S/C13H27N3O2S/c1-12-9-13(2)11-16(10-12)19(17,18)8-7-15-5-3-14-4-6-15/h12-14H,3-11H2,1-2H3.